The third-order valence-corrected chi connectivity index (χ3v) is 3.60. The zero-order valence-corrected chi connectivity index (χ0v) is 11.1. The van der Waals surface area contributed by atoms with Crippen molar-refractivity contribution < 1.29 is 13.7 Å². The number of amides is 1. The third-order valence-electron chi connectivity index (χ3n) is 3.60. The SMILES string of the molecule is CC(NC(=O)c1ccco1)c1nc(C2(N)CCC2)no1. The molecule has 7 nitrogen and oxygen atoms in total. The number of carbonyl (C=O) groups is 1. The van der Waals surface area contributed by atoms with Crippen LogP contribution in [0.3, 0.4) is 0 Å². The van der Waals surface area contributed by atoms with Gasteiger partial charge < -0.3 is 20.0 Å². The van der Waals surface area contributed by atoms with Gasteiger partial charge in [-0.25, -0.2) is 0 Å². The molecule has 1 atom stereocenters. The molecule has 7 heteroatoms. The quantitative estimate of drug-likeness (QED) is 0.876. The van der Waals surface area contributed by atoms with E-state index in [9.17, 15) is 4.79 Å². The number of furan rings is 1. The van der Waals surface area contributed by atoms with Gasteiger partial charge >= 0.3 is 0 Å². The monoisotopic (exact) mass is 276 g/mol. The van der Waals surface area contributed by atoms with Gasteiger partial charge in [0, 0.05) is 0 Å². The Labute approximate surface area is 115 Å². The second-order valence-corrected chi connectivity index (χ2v) is 5.14. The van der Waals surface area contributed by atoms with Gasteiger partial charge in [0.1, 0.15) is 6.04 Å². The molecule has 3 rings (SSSR count). The lowest BCUT2D eigenvalue weighted by Crippen LogP contribution is -2.44. The molecule has 20 heavy (non-hydrogen) atoms. The smallest absolute Gasteiger partial charge is 0.287 e. The number of nitrogens with one attached hydrogen (secondary N) is 1. The van der Waals surface area contributed by atoms with Crippen LogP contribution in [0.4, 0.5) is 0 Å². The van der Waals surface area contributed by atoms with E-state index in [2.05, 4.69) is 15.5 Å². The van der Waals surface area contributed by atoms with Gasteiger partial charge in [-0.05, 0) is 38.3 Å². The average molecular weight is 276 g/mol. The number of carbonyl (C=O) groups excluding carboxylic acids is 1. The van der Waals surface area contributed by atoms with Crippen molar-refractivity contribution in [1.29, 1.82) is 0 Å². The number of nitrogens with zero attached hydrogens (tertiary/aromatic N) is 2. The molecule has 1 aliphatic carbocycles. The molecule has 2 aromatic heterocycles. The van der Waals surface area contributed by atoms with E-state index in [1.165, 1.54) is 6.26 Å². The van der Waals surface area contributed by atoms with Gasteiger partial charge in [0.2, 0.25) is 5.89 Å². The van der Waals surface area contributed by atoms with Gasteiger partial charge in [-0.15, -0.1) is 0 Å². The van der Waals surface area contributed by atoms with E-state index >= 15 is 0 Å². The Morgan fingerprint density at radius 2 is 2.35 bits per heavy atom. The van der Waals surface area contributed by atoms with Crippen LogP contribution >= 0.6 is 0 Å². The normalized spacial score (nSPS) is 18.3. The fourth-order valence-electron chi connectivity index (χ4n) is 2.13. The van der Waals surface area contributed by atoms with Crippen molar-refractivity contribution in [3.63, 3.8) is 0 Å². The highest BCUT2D eigenvalue weighted by Crippen LogP contribution is 2.37. The standard InChI is InChI=1S/C13H16N4O3/c1-8(15-10(18)9-4-2-7-19-9)11-16-12(17-20-11)13(14)5-3-6-13/h2,4,7-8H,3,5-6,14H2,1H3,(H,15,18). The number of rotatable bonds is 4. The first-order valence-electron chi connectivity index (χ1n) is 6.56. The zero-order valence-electron chi connectivity index (χ0n) is 11.1. The third kappa shape index (κ3) is 2.20. The van der Waals surface area contributed by atoms with Gasteiger partial charge in [0.15, 0.2) is 11.6 Å². The summed E-state index contributed by atoms with van der Waals surface area (Å²) >= 11 is 0. The summed E-state index contributed by atoms with van der Waals surface area (Å²) in [6.45, 7) is 1.77. The summed E-state index contributed by atoms with van der Waals surface area (Å²) in [4.78, 5) is 16.1. The van der Waals surface area contributed by atoms with Crippen LogP contribution < -0.4 is 11.1 Å². The summed E-state index contributed by atoms with van der Waals surface area (Å²) in [6, 6.07) is 2.83. The maximum absolute atomic E-state index is 11.8. The minimum Gasteiger partial charge on any atom is -0.459 e. The van der Waals surface area contributed by atoms with E-state index in [0.29, 0.717) is 11.7 Å². The Balaban J connectivity index is 1.68. The Hall–Kier alpha value is -2.15. The topological polar surface area (TPSA) is 107 Å². The van der Waals surface area contributed by atoms with E-state index in [-0.39, 0.29) is 11.7 Å². The number of hydrogen-bond donors (Lipinski definition) is 2. The van der Waals surface area contributed by atoms with Gasteiger partial charge in [0.25, 0.3) is 5.91 Å². The Kier molecular flexibility index (Phi) is 3.06. The first-order chi connectivity index (χ1) is 9.58. The van der Waals surface area contributed by atoms with Crippen molar-refractivity contribution in [1.82, 2.24) is 15.5 Å². The molecule has 2 aromatic rings. The van der Waals surface area contributed by atoms with Crippen LogP contribution in [-0.4, -0.2) is 16.0 Å². The Morgan fingerprint density at radius 1 is 1.55 bits per heavy atom. The van der Waals surface area contributed by atoms with Crippen LogP contribution in [-0.2, 0) is 5.54 Å². The molecule has 1 aliphatic rings. The van der Waals surface area contributed by atoms with Crippen molar-refractivity contribution in [2.45, 2.75) is 37.8 Å². The second kappa shape index (κ2) is 4.75. The maximum Gasteiger partial charge on any atom is 0.287 e. The highest BCUT2D eigenvalue weighted by atomic mass is 16.5. The minimum absolute atomic E-state index is 0.242. The van der Waals surface area contributed by atoms with E-state index in [1.807, 2.05) is 0 Å². The van der Waals surface area contributed by atoms with E-state index in [1.54, 1.807) is 19.1 Å². The molecule has 106 valence electrons. The average Bonchev–Trinajstić information content (AvgIpc) is 3.06. The molecule has 0 spiro atoms. The van der Waals surface area contributed by atoms with Crippen molar-refractivity contribution in [3.05, 3.63) is 35.9 Å². The Bertz CT molecular complexity index is 601. The molecule has 2 heterocycles. The van der Waals surface area contributed by atoms with Crippen LogP contribution in [0.1, 0.15) is 54.5 Å². The summed E-state index contributed by atoms with van der Waals surface area (Å²) in [5.74, 6) is 0.772. The van der Waals surface area contributed by atoms with Gasteiger partial charge in [-0.3, -0.25) is 4.79 Å². The lowest BCUT2D eigenvalue weighted by Gasteiger charge is -2.34. The van der Waals surface area contributed by atoms with Gasteiger partial charge in [-0.1, -0.05) is 5.16 Å². The first kappa shape index (κ1) is 12.9. The summed E-state index contributed by atoms with van der Waals surface area (Å²) in [5.41, 5.74) is 5.66. The van der Waals surface area contributed by atoms with Crippen LogP contribution in [0.25, 0.3) is 0 Å². The fourth-order valence-corrected chi connectivity index (χ4v) is 2.13. The number of hydrogen-bond acceptors (Lipinski definition) is 6. The minimum atomic E-state index is -0.466. The predicted molar refractivity (Wildman–Crippen MR) is 68.6 cm³/mol. The lowest BCUT2D eigenvalue weighted by atomic mass is 9.77. The van der Waals surface area contributed by atoms with Crippen LogP contribution in [0, 0.1) is 0 Å². The molecular formula is C13H16N4O3. The van der Waals surface area contributed by atoms with Gasteiger partial charge in [-0.2, -0.15) is 4.98 Å². The fraction of sp³-hybridized carbons (Fsp3) is 0.462. The molecule has 0 saturated heterocycles. The predicted octanol–water partition coefficient (Wildman–Crippen LogP) is 1.49. The van der Waals surface area contributed by atoms with Crippen molar-refractivity contribution >= 4 is 5.91 Å². The van der Waals surface area contributed by atoms with Crippen molar-refractivity contribution in [3.8, 4) is 0 Å². The van der Waals surface area contributed by atoms with Gasteiger partial charge in [0.05, 0.1) is 11.8 Å². The zero-order chi connectivity index (χ0) is 14.2. The molecular weight excluding hydrogens is 260 g/mol. The molecule has 1 unspecified atom stereocenters. The summed E-state index contributed by atoms with van der Waals surface area (Å²) < 4.78 is 10.2. The van der Waals surface area contributed by atoms with Crippen LogP contribution in [0.15, 0.2) is 27.3 Å². The van der Waals surface area contributed by atoms with E-state index in [0.717, 1.165) is 19.3 Å². The van der Waals surface area contributed by atoms with E-state index < -0.39 is 11.6 Å². The maximum atomic E-state index is 11.8. The molecule has 1 fully saturated rings. The molecule has 1 amide bonds. The number of aromatic nitrogens is 2. The second-order valence-electron chi connectivity index (χ2n) is 5.14. The van der Waals surface area contributed by atoms with Crippen LogP contribution in [0.5, 0.6) is 0 Å². The van der Waals surface area contributed by atoms with Crippen molar-refractivity contribution in [2.24, 2.45) is 5.73 Å². The largest absolute Gasteiger partial charge is 0.459 e. The summed E-state index contributed by atoms with van der Waals surface area (Å²) in [6.07, 6.45) is 4.24. The lowest BCUT2D eigenvalue weighted by molar-refractivity contribution is 0.0904. The summed E-state index contributed by atoms with van der Waals surface area (Å²) in [5, 5.41) is 6.64. The Morgan fingerprint density at radius 3 is 2.95 bits per heavy atom. The molecule has 0 bridgehead atoms. The van der Waals surface area contributed by atoms with Crippen LogP contribution in [0.2, 0.25) is 0 Å². The molecule has 3 N–H and O–H groups in total. The first-order valence-corrected chi connectivity index (χ1v) is 6.56. The highest BCUT2D eigenvalue weighted by molar-refractivity contribution is 5.91. The highest BCUT2D eigenvalue weighted by Gasteiger charge is 2.39. The molecule has 0 aromatic carbocycles. The van der Waals surface area contributed by atoms with Crippen molar-refractivity contribution in [2.75, 3.05) is 0 Å². The number of nitrogens with two attached hydrogens (primary N) is 1. The van der Waals surface area contributed by atoms with E-state index in [4.69, 9.17) is 14.7 Å². The molecule has 1 saturated carbocycles. The summed E-state index contributed by atoms with van der Waals surface area (Å²) in [7, 11) is 0. The molecule has 0 aliphatic heterocycles. The molecule has 0 radical (unpaired) electrons.